The van der Waals surface area contributed by atoms with E-state index >= 15 is 0 Å². The molecule has 2 nitrogen and oxygen atoms in total. The lowest BCUT2D eigenvalue weighted by atomic mass is 9.97. The number of fused-ring (bicyclic) bond motifs is 1. The molecule has 0 aromatic heterocycles. The summed E-state index contributed by atoms with van der Waals surface area (Å²) in [7, 11) is 0. The van der Waals surface area contributed by atoms with Crippen molar-refractivity contribution in [2.24, 2.45) is 4.99 Å². The number of hydrogen-bond acceptors (Lipinski definition) is 2. The van der Waals surface area contributed by atoms with Crippen LogP contribution in [0.2, 0.25) is 0 Å². The Morgan fingerprint density at radius 1 is 1.10 bits per heavy atom. The third-order valence-electron chi connectivity index (χ3n) is 3.75. The maximum absolute atomic E-state index is 5.82. The lowest BCUT2D eigenvalue weighted by Crippen LogP contribution is -2.33. The van der Waals surface area contributed by atoms with Crippen LogP contribution in [0.3, 0.4) is 0 Å². The Kier molecular flexibility index (Phi) is 3.54. The third kappa shape index (κ3) is 3.15. The summed E-state index contributed by atoms with van der Waals surface area (Å²) in [6.45, 7) is 6.40. The second kappa shape index (κ2) is 5.36. The molecule has 0 radical (unpaired) electrons. The van der Waals surface area contributed by atoms with E-state index in [0.717, 1.165) is 12.3 Å². The molecule has 0 saturated carbocycles. The topological polar surface area (TPSA) is 21.6 Å². The predicted octanol–water partition coefficient (Wildman–Crippen LogP) is 4.84. The van der Waals surface area contributed by atoms with Crippen molar-refractivity contribution >= 4 is 22.7 Å². The van der Waals surface area contributed by atoms with E-state index in [9.17, 15) is 0 Å². The molecule has 3 rings (SSSR count). The lowest BCUT2D eigenvalue weighted by molar-refractivity contribution is 0.147. The third-order valence-corrected chi connectivity index (χ3v) is 3.75. The molecule has 108 valence electrons. The first-order chi connectivity index (χ1) is 10.0. The molecule has 0 saturated heterocycles. The maximum Gasteiger partial charge on any atom is 0.209 e. The van der Waals surface area contributed by atoms with Crippen LogP contribution in [0.5, 0.6) is 0 Å². The van der Waals surface area contributed by atoms with Crippen LogP contribution in [0, 0.1) is 0 Å². The summed E-state index contributed by atoms with van der Waals surface area (Å²) in [5, 5.41) is 2.50. The van der Waals surface area contributed by atoms with Crippen molar-refractivity contribution in [2.45, 2.75) is 38.8 Å². The van der Waals surface area contributed by atoms with Crippen molar-refractivity contribution in [3.8, 4) is 0 Å². The van der Waals surface area contributed by atoms with E-state index in [1.807, 2.05) is 6.08 Å². The summed E-state index contributed by atoms with van der Waals surface area (Å²) in [5.41, 5.74) is 1.14. The fourth-order valence-corrected chi connectivity index (χ4v) is 2.95. The molecule has 2 aromatic carbocycles. The van der Waals surface area contributed by atoms with E-state index < -0.39 is 0 Å². The van der Waals surface area contributed by atoms with E-state index in [4.69, 9.17) is 4.74 Å². The largest absolute Gasteiger partial charge is 0.475 e. The molecular formula is C19H21NO. The lowest BCUT2D eigenvalue weighted by Gasteiger charge is -2.30. The average molecular weight is 279 g/mol. The van der Waals surface area contributed by atoms with Crippen molar-refractivity contribution in [3.63, 3.8) is 0 Å². The van der Waals surface area contributed by atoms with Gasteiger partial charge < -0.3 is 4.74 Å². The first-order valence-corrected chi connectivity index (χ1v) is 7.46. The van der Waals surface area contributed by atoms with Gasteiger partial charge in [0.25, 0.3) is 0 Å². The molecule has 0 amide bonds. The molecule has 2 aromatic rings. The molecule has 1 unspecified atom stereocenters. The monoisotopic (exact) mass is 279 g/mol. The van der Waals surface area contributed by atoms with E-state index in [1.165, 1.54) is 16.3 Å². The van der Waals surface area contributed by atoms with Crippen molar-refractivity contribution < 1.29 is 4.74 Å². The first kappa shape index (κ1) is 13.9. The normalized spacial score (nSPS) is 21.3. The van der Waals surface area contributed by atoms with Crippen molar-refractivity contribution in [1.29, 1.82) is 0 Å². The molecule has 1 heterocycles. The highest BCUT2D eigenvalue weighted by atomic mass is 16.5. The first-order valence-electron chi connectivity index (χ1n) is 7.46. The van der Waals surface area contributed by atoms with Gasteiger partial charge in [-0.1, -0.05) is 42.5 Å². The smallest absolute Gasteiger partial charge is 0.209 e. The van der Waals surface area contributed by atoms with E-state index in [2.05, 4.69) is 74.3 Å². The fraction of sp³-hybridized carbons (Fsp3) is 0.316. The minimum atomic E-state index is -0.0455. The summed E-state index contributed by atoms with van der Waals surface area (Å²) in [4.78, 5) is 4.67. The van der Waals surface area contributed by atoms with E-state index in [0.29, 0.717) is 0 Å². The van der Waals surface area contributed by atoms with Crippen molar-refractivity contribution in [3.05, 3.63) is 54.1 Å². The SMILES string of the molecule is CC1CC(C)(C)N=C(C=Cc2cccc3ccccc23)O1. The minimum Gasteiger partial charge on any atom is -0.475 e. The Hall–Kier alpha value is -2.09. The summed E-state index contributed by atoms with van der Waals surface area (Å²) >= 11 is 0. The summed E-state index contributed by atoms with van der Waals surface area (Å²) < 4.78 is 5.82. The Balaban J connectivity index is 1.93. The van der Waals surface area contributed by atoms with Crippen LogP contribution in [0.15, 0.2) is 53.5 Å². The Bertz CT molecular complexity index is 707. The summed E-state index contributed by atoms with van der Waals surface area (Å²) in [5.74, 6) is 0.728. The van der Waals surface area contributed by atoms with E-state index in [-0.39, 0.29) is 11.6 Å². The van der Waals surface area contributed by atoms with Gasteiger partial charge in [-0.15, -0.1) is 0 Å². The fourth-order valence-electron chi connectivity index (χ4n) is 2.95. The number of aliphatic imine (C=N–C) groups is 1. The quantitative estimate of drug-likeness (QED) is 0.771. The molecule has 21 heavy (non-hydrogen) atoms. The van der Waals surface area contributed by atoms with Crippen LogP contribution in [0.25, 0.3) is 16.8 Å². The zero-order valence-corrected chi connectivity index (χ0v) is 12.8. The second-order valence-electron chi connectivity index (χ2n) is 6.30. The van der Waals surface area contributed by atoms with Gasteiger partial charge in [0.1, 0.15) is 0 Å². The molecule has 1 atom stereocenters. The van der Waals surface area contributed by atoms with Gasteiger partial charge in [0.2, 0.25) is 5.90 Å². The van der Waals surface area contributed by atoms with Gasteiger partial charge >= 0.3 is 0 Å². The van der Waals surface area contributed by atoms with Crippen LogP contribution >= 0.6 is 0 Å². The number of nitrogens with zero attached hydrogens (tertiary/aromatic N) is 1. The summed E-state index contributed by atoms with van der Waals surface area (Å²) in [6, 6.07) is 14.7. The van der Waals surface area contributed by atoms with Gasteiger partial charge in [0.15, 0.2) is 0 Å². The Labute approximate surface area is 126 Å². The molecule has 0 fully saturated rings. The standard InChI is InChI=1S/C19H21NO/c1-14-13-19(2,3)20-18(21-14)12-11-16-9-6-8-15-7-4-5-10-17(15)16/h4-12,14H,13H2,1-3H3. The molecule has 0 N–H and O–H groups in total. The zero-order chi connectivity index (χ0) is 14.9. The van der Waals surface area contributed by atoms with E-state index in [1.54, 1.807) is 0 Å². The number of hydrogen-bond donors (Lipinski definition) is 0. The Morgan fingerprint density at radius 2 is 1.86 bits per heavy atom. The van der Waals surface area contributed by atoms with Crippen LogP contribution in [-0.4, -0.2) is 17.5 Å². The highest BCUT2D eigenvalue weighted by molar-refractivity contribution is 5.97. The molecule has 2 heteroatoms. The second-order valence-corrected chi connectivity index (χ2v) is 6.30. The van der Waals surface area contributed by atoms with Crippen LogP contribution in [0.4, 0.5) is 0 Å². The average Bonchev–Trinajstić information content (AvgIpc) is 2.43. The molecular weight excluding hydrogens is 258 g/mol. The Morgan fingerprint density at radius 3 is 2.67 bits per heavy atom. The van der Waals surface area contributed by atoms with Crippen LogP contribution in [-0.2, 0) is 4.74 Å². The van der Waals surface area contributed by atoms with Crippen LogP contribution in [0.1, 0.15) is 32.8 Å². The minimum absolute atomic E-state index is 0.0455. The highest BCUT2D eigenvalue weighted by Gasteiger charge is 2.26. The molecule has 0 spiro atoms. The zero-order valence-electron chi connectivity index (χ0n) is 12.8. The van der Waals surface area contributed by atoms with Gasteiger partial charge in [-0.2, -0.15) is 0 Å². The number of rotatable bonds is 2. The molecule has 0 bridgehead atoms. The number of ether oxygens (including phenoxy) is 1. The molecule has 0 aliphatic carbocycles. The maximum atomic E-state index is 5.82. The molecule has 1 aliphatic rings. The van der Waals surface area contributed by atoms with Gasteiger partial charge in [-0.3, -0.25) is 0 Å². The van der Waals surface area contributed by atoms with Gasteiger partial charge in [0.05, 0.1) is 11.6 Å². The predicted molar refractivity (Wildman–Crippen MR) is 89.7 cm³/mol. The molecule has 1 aliphatic heterocycles. The van der Waals surface area contributed by atoms with Crippen LogP contribution < -0.4 is 0 Å². The number of benzene rings is 2. The van der Waals surface area contributed by atoms with Gasteiger partial charge in [-0.05, 0) is 43.2 Å². The highest BCUT2D eigenvalue weighted by Crippen LogP contribution is 2.25. The van der Waals surface area contributed by atoms with Crippen molar-refractivity contribution in [1.82, 2.24) is 0 Å². The van der Waals surface area contributed by atoms with Gasteiger partial charge in [-0.25, -0.2) is 4.99 Å². The van der Waals surface area contributed by atoms with Crippen molar-refractivity contribution in [2.75, 3.05) is 0 Å². The van der Waals surface area contributed by atoms with Gasteiger partial charge in [0, 0.05) is 12.5 Å². The summed E-state index contributed by atoms with van der Waals surface area (Å²) in [6.07, 6.45) is 5.25.